The lowest BCUT2D eigenvalue weighted by atomic mass is 10.3. The SMILES string of the molecule is CCOC(=O)/C(=N\Nc1ccc(Br)cc1)N1CCN(C)CC1. The molecule has 0 aromatic heterocycles. The normalized spacial score (nSPS) is 16.5. The third-order valence-corrected chi connectivity index (χ3v) is 3.92. The van der Waals surface area contributed by atoms with E-state index in [2.05, 4.69) is 38.4 Å². The zero-order valence-corrected chi connectivity index (χ0v) is 14.5. The summed E-state index contributed by atoms with van der Waals surface area (Å²) in [5.41, 5.74) is 3.75. The number of anilines is 1. The number of hydrazone groups is 1. The van der Waals surface area contributed by atoms with E-state index in [1.807, 2.05) is 29.2 Å². The number of benzene rings is 1. The summed E-state index contributed by atoms with van der Waals surface area (Å²) < 4.78 is 6.11. The summed E-state index contributed by atoms with van der Waals surface area (Å²) in [4.78, 5) is 16.3. The molecule has 6 nitrogen and oxygen atoms in total. The molecule has 0 unspecified atom stereocenters. The number of nitrogens with zero attached hydrogens (tertiary/aromatic N) is 3. The van der Waals surface area contributed by atoms with Crippen LogP contribution in [0.2, 0.25) is 0 Å². The predicted molar refractivity (Wildman–Crippen MR) is 90.9 cm³/mol. The smallest absolute Gasteiger partial charge is 0.375 e. The minimum atomic E-state index is -0.392. The van der Waals surface area contributed by atoms with Crippen molar-refractivity contribution in [3.8, 4) is 0 Å². The molecular weight excluding hydrogens is 348 g/mol. The van der Waals surface area contributed by atoms with Crippen molar-refractivity contribution in [2.24, 2.45) is 5.10 Å². The van der Waals surface area contributed by atoms with Crippen LogP contribution >= 0.6 is 15.9 Å². The van der Waals surface area contributed by atoms with E-state index in [1.54, 1.807) is 6.92 Å². The maximum Gasteiger partial charge on any atom is 0.375 e. The molecule has 0 spiro atoms. The Morgan fingerprint density at radius 3 is 2.50 bits per heavy atom. The summed E-state index contributed by atoms with van der Waals surface area (Å²) in [6, 6.07) is 7.61. The van der Waals surface area contributed by atoms with Crippen LogP contribution in [0.15, 0.2) is 33.8 Å². The Balaban J connectivity index is 2.10. The van der Waals surface area contributed by atoms with Gasteiger partial charge in [0, 0.05) is 30.7 Å². The average molecular weight is 369 g/mol. The molecular formula is C15H21BrN4O2. The van der Waals surface area contributed by atoms with Gasteiger partial charge in [-0.3, -0.25) is 5.43 Å². The monoisotopic (exact) mass is 368 g/mol. The van der Waals surface area contributed by atoms with E-state index in [0.717, 1.165) is 36.3 Å². The van der Waals surface area contributed by atoms with E-state index in [-0.39, 0.29) is 0 Å². The van der Waals surface area contributed by atoms with E-state index in [1.165, 1.54) is 0 Å². The number of ether oxygens (including phenoxy) is 1. The van der Waals surface area contributed by atoms with Gasteiger partial charge in [0.15, 0.2) is 0 Å². The van der Waals surface area contributed by atoms with Crippen molar-refractivity contribution in [1.82, 2.24) is 9.80 Å². The van der Waals surface area contributed by atoms with Gasteiger partial charge in [-0.25, -0.2) is 4.79 Å². The molecule has 1 saturated heterocycles. The van der Waals surface area contributed by atoms with E-state index < -0.39 is 5.97 Å². The Morgan fingerprint density at radius 2 is 1.91 bits per heavy atom. The summed E-state index contributed by atoms with van der Waals surface area (Å²) in [7, 11) is 2.07. The molecule has 0 radical (unpaired) electrons. The van der Waals surface area contributed by atoms with Crippen LogP contribution in [0.3, 0.4) is 0 Å². The molecule has 0 saturated carbocycles. The average Bonchev–Trinajstić information content (AvgIpc) is 2.51. The number of amidine groups is 1. The Morgan fingerprint density at radius 1 is 1.27 bits per heavy atom. The zero-order valence-electron chi connectivity index (χ0n) is 12.9. The van der Waals surface area contributed by atoms with Crippen molar-refractivity contribution in [1.29, 1.82) is 0 Å². The summed E-state index contributed by atoms with van der Waals surface area (Å²) in [5.74, 6) is -0.0606. The second-order valence-electron chi connectivity index (χ2n) is 5.06. The van der Waals surface area contributed by atoms with E-state index >= 15 is 0 Å². The number of esters is 1. The van der Waals surface area contributed by atoms with Gasteiger partial charge >= 0.3 is 5.97 Å². The van der Waals surface area contributed by atoms with Crippen LogP contribution < -0.4 is 5.43 Å². The number of nitrogens with one attached hydrogen (secondary N) is 1. The quantitative estimate of drug-likeness (QED) is 0.382. The predicted octanol–water partition coefficient (Wildman–Crippen LogP) is 1.99. The molecule has 1 aromatic carbocycles. The number of hydrogen-bond donors (Lipinski definition) is 1. The fourth-order valence-electron chi connectivity index (χ4n) is 2.10. The third kappa shape index (κ3) is 4.71. The van der Waals surface area contributed by atoms with Crippen LogP contribution in [0, 0.1) is 0 Å². The molecule has 1 aromatic rings. The Kier molecular flexibility index (Phi) is 6.21. The topological polar surface area (TPSA) is 57.2 Å². The van der Waals surface area contributed by atoms with Gasteiger partial charge < -0.3 is 14.5 Å². The Labute approximate surface area is 139 Å². The number of hydrogen-bond acceptors (Lipinski definition) is 5. The molecule has 1 fully saturated rings. The second kappa shape index (κ2) is 8.14. The molecule has 0 amide bonds. The molecule has 1 N–H and O–H groups in total. The molecule has 2 rings (SSSR count). The van der Waals surface area contributed by atoms with E-state index in [9.17, 15) is 4.79 Å². The van der Waals surface area contributed by atoms with Gasteiger partial charge in [-0.1, -0.05) is 15.9 Å². The van der Waals surface area contributed by atoms with Crippen LogP contribution in [0.4, 0.5) is 5.69 Å². The minimum Gasteiger partial charge on any atom is -0.460 e. The molecule has 1 aliphatic rings. The molecule has 1 heterocycles. The van der Waals surface area contributed by atoms with Gasteiger partial charge in [-0.2, -0.15) is 0 Å². The third-order valence-electron chi connectivity index (χ3n) is 3.40. The Bertz CT molecular complexity index is 525. The number of rotatable bonds is 3. The first-order valence-electron chi connectivity index (χ1n) is 7.30. The maximum absolute atomic E-state index is 12.1. The molecule has 7 heteroatoms. The summed E-state index contributed by atoms with van der Waals surface area (Å²) in [6.45, 7) is 5.45. The second-order valence-corrected chi connectivity index (χ2v) is 5.98. The van der Waals surface area contributed by atoms with Crippen molar-refractivity contribution in [3.63, 3.8) is 0 Å². The lowest BCUT2D eigenvalue weighted by molar-refractivity contribution is -0.136. The highest BCUT2D eigenvalue weighted by Gasteiger charge is 2.24. The highest BCUT2D eigenvalue weighted by atomic mass is 79.9. The van der Waals surface area contributed by atoms with Crippen molar-refractivity contribution >= 4 is 33.4 Å². The minimum absolute atomic E-state index is 0.331. The fourth-order valence-corrected chi connectivity index (χ4v) is 2.37. The number of likely N-dealkylation sites (N-methyl/N-ethyl adjacent to an activating group) is 1. The highest BCUT2D eigenvalue weighted by Crippen LogP contribution is 2.14. The first-order chi connectivity index (χ1) is 10.6. The summed E-state index contributed by atoms with van der Waals surface area (Å²) >= 11 is 3.39. The van der Waals surface area contributed by atoms with Crippen LogP contribution in [-0.4, -0.2) is 61.4 Å². The number of piperazine rings is 1. The standard InChI is InChI=1S/C15H21BrN4O2/c1-3-22-15(21)14(20-10-8-19(2)9-11-20)18-17-13-6-4-12(16)5-7-13/h4-7,17H,3,8-11H2,1-2H3/b18-14+. The van der Waals surface area contributed by atoms with Crippen LogP contribution in [0.5, 0.6) is 0 Å². The first kappa shape index (κ1) is 16.8. The zero-order chi connectivity index (χ0) is 15.9. The van der Waals surface area contributed by atoms with E-state index in [0.29, 0.717) is 12.4 Å². The van der Waals surface area contributed by atoms with Gasteiger partial charge in [0.1, 0.15) is 0 Å². The molecule has 1 aliphatic heterocycles. The molecule has 120 valence electrons. The fraction of sp³-hybridized carbons (Fsp3) is 0.467. The Hall–Kier alpha value is -1.60. The largest absolute Gasteiger partial charge is 0.460 e. The lowest BCUT2D eigenvalue weighted by Crippen LogP contribution is -2.50. The number of carbonyl (C=O) groups excluding carboxylic acids is 1. The van der Waals surface area contributed by atoms with Gasteiger partial charge in [0.2, 0.25) is 5.84 Å². The highest BCUT2D eigenvalue weighted by molar-refractivity contribution is 9.10. The van der Waals surface area contributed by atoms with Gasteiger partial charge in [0.25, 0.3) is 0 Å². The van der Waals surface area contributed by atoms with Crippen LogP contribution in [0.1, 0.15) is 6.92 Å². The number of carbonyl (C=O) groups is 1. The van der Waals surface area contributed by atoms with Gasteiger partial charge in [-0.15, -0.1) is 5.10 Å². The molecule has 0 aliphatic carbocycles. The van der Waals surface area contributed by atoms with Crippen molar-refractivity contribution in [2.45, 2.75) is 6.92 Å². The first-order valence-corrected chi connectivity index (χ1v) is 8.09. The lowest BCUT2D eigenvalue weighted by Gasteiger charge is -2.33. The van der Waals surface area contributed by atoms with Crippen molar-refractivity contribution in [3.05, 3.63) is 28.7 Å². The summed E-state index contributed by atoms with van der Waals surface area (Å²) in [6.07, 6.45) is 0. The van der Waals surface area contributed by atoms with Crippen molar-refractivity contribution < 1.29 is 9.53 Å². The summed E-state index contributed by atoms with van der Waals surface area (Å²) in [5, 5.41) is 4.28. The van der Waals surface area contributed by atoms with E-state index in [4.69, 9.17) is 4.74 Å². The molecule has 22 heavy (non-hydrogen) atoms. The maximum atomic E-state index is 12.1. The molecule has 0 bridgehead atoms. The van der Waals surface area contributed by atoms with Crippen LogP contribution in [-0.2, 0) is 9.53 Å². The number of halogens is 1. The van der Waals surface area contributed by atoms with Gasteiger partial charge in [0.05, 0.1) is 12.3 Å². The van der Waals surface area contributed by atoms with Gasteiger partial charge in [-0.05, 0) is 38.2 Å². The van der Waals surface area contributed by atoms with Crippen molar-refractivity contribution in [2.75, 3.05) is 45.3 Å². The molecule has 0 atom stereocenters. The van der Waals surface area contributed by atoms with Crippen LogP contribution in [0.25, 0.3) is 0 Å².